The third-order valence-electron chi connectivity index (χ3n) is 1.29. The maximum absolute atomic E-state index is 12.0. The van der Waals surface area contributed by atoms with Gasteiger partial charge in [-0.3, -0.25) is 0 Å². The van der Waals surface area contributed by atoms with E-state index in [1.165, 1.54) is 12.1 Å². The fourth-order valence-corrected chi connectivity index (χ4v) is 0.852. The number of rotatable bonds is 2. The van der Waals surface area contributed by atoms with Crippen LogP contribution in [0.3, 0.4) is 0 Å². The average molecular weight is 175 g/mol. The number of nitrogens with one attached hydrogen (secondary N) is 1. The van der Waals surface area contributed by atoms with Gasteiger partial charge in [0.15, 0.2) is 0 Å². The summed E-state index contributed by atoms with van der Waals surface area (Å²) in [6, 6.07) is 5.83. The van der Waals surface area contributed by atoms with Crippen LogP contribution in [0.5, 0.6) is 0 Å². The van der Waals surface area contributed by atoms with E-state index in [1.54, 1.807) is 12.1 Å². The Bertz CT molecular complexity index is 222. The number of anilines is 1. The standard InChI is InChI=1S/C7H7F2NS/c8-7(9)5-1-3-6(10-11)4-2-5/h1-4,7,10-11H. The van der Waals surface area contributed by atoms with Crippen molar-refractivity contribution in [1.82, 2.24) is 0 Å². The monoisotopic (exact) mass is 175 g/mol. The molecule has 0 spiro atoms. The summed E-state index contributed by atoms with van der Waals surface area (Å²) in [5, 5.41) is 0. The largest absolute Gasteiger partial charge is 0.332 e. The van der Waals surface area contributed by atoms with Gasteiger partial charge in [-0.2, -0.15) is 0 Å². The van der Waals surface area contributed by atoms with Crippen molar-refractivity contribution in [1.29, 1.82) is 0 Å². The van der Waals surface area contributed by atoms with Crippen molar-refractivity contribution in [3.05, 3.63) is 29.8 Å². The number of hydrogen-bond donors (Lipinski definition) is 2. The van der Waals surface area contributed by atoms with Crippen LogP contribution in [0, 0.1) is 0 Å². The maximum atomic E-state index is 12.0. The molecule has 1 nitrogen and oxygen atoms in total. The molecule has 0 amide bonds. The Hall–Kier alpha value is -0.770. The summed E-state index contributed by atoms with van der Waals surface area (Å²) < 4.78 is 26.5. The Labute approximate surface area is 69.0 Å². The average Bonchev–Trinajstić information content (AvgIpc) is 2.05. The highest BCUT2D eigenvalue weighted by atomic mass is 32.1. The molecule has 0 saturated carbocycles. The molecule has 0 aromatic heterocycles. The lowest BCUT2D eigenvalue weighted by Crippen LogP contribution is -1.84. The molecular formula is C7H7F2NS. The number of alkyl halides is 2. The smallest absolute Gasteiger partial charge is 0.263 e. The minimum Gasteiger partial charge on any atom is -0.332 e. The highest BCUT2D eigenvalue weighted by molar-refractivity contribution is 7.81. The predicted molar refractivity (Wildman–Crippen MR) is 44.0 cm³/mol. The van der Waals surface area contributed by atoms with Gasteiger partial charge in [0.05, 0.1) is 0 Å². The molecule has 1 aromatic rings. The molecule has 0 aliphatic rings. The number of hydrogen-bond acceptors (Lipinski definition) is 2. The molecule has 4 heteroatoms. The topological polar surface area (TPSA) is 12.0 Å². The molecule has 0 aliphatic carbocycles. The van der Waals surface area contributed by atoms with Gasteiger partial charge >= 0.3 is 0 Å². The molecule has 0 aliphatic heterocycles. The van der Waals surface area contributed by atoms with Gasteiger partial charge in [-0.15, -0.1) is 0 Å². The highest BCUT2D eigenvalue weighted by Gasteiger charge is 2.04. The van der Waals surface area contributed by atoms with E-state index in [0.717, 1.165) is 0 Å². The minimum absolute atomic E-state index is 0.0253. The maximum Gasteiger partial charge on any atom is 0.263 e. The van der Waals surface area contributed by atoms with E-state index in [9.17, 15) is 8.78 Å². The first-order valence-corrected chi connectivity index (χ1v) is 3.47. The normalized spacial score (nSPS) is 10.2. The molecule has 0 unspecified atom stereocenters. The first-order chi connectivity index (χ1) is 5.24. The van der Waals surface area contributed by atoms with Gasteiger partial charge in [-0.1, -0.05) is 24.9 Å². The summed E-state index contributed by atoms with van der Waals surface area (Å²) in [6.45, 7) is 0. The summed E-state index contributed by atoms with van der Waals surface area (Å²) in [5.41, 5.74) is 0.732. The van der Waals surface area contributed by atoms with Crippen LogP contribution in [0.4, 0.5) is 14.5 Å². The first-order valence-electron chi connectivity index (χ1n) is 3.02. The van der Waals surface area contributed by atoms with Crippen LogP contribution in [-0.2, 0) is 0 Å². The summed E-state index contributed by atoms with van der Waals surface area (Å²) in [7, 11) is 0. The molecule has 60 valence electrons. The van der Waals surface area contributed by atoms with Crippen LogP contribution in [0.25, 0.3) is 0 Å². The zero-order valence-corrected chi connectivity index (χ0v) is 6.48. The number of halogens is 2. The molecule has 0 saturated heterocycles. The van der Waals surface area contributed by atoms with Gasteiger partial charge in [-0.25, -0.2) is 8.78 Å². The number of benzene rings is 1. The van der Waals surface area contributed by atoms with Gasteiger partial charge in [-0.05, 0) is 12.1 Å². The lowest BCUT2D eigenvalue weighted by Gasteiger charge is -2.00. The molecule has 1 N–H and O–H groups in total. The molecule has 0 bridgehead atoms. The van der Waals surface area contributed by atoms with Crippen molar-refractivity contribution in [2.45, 2.75) is 6.43 Å². The van der Waals surface area contributed by atoms with Crippen LogP contribution >= 0.6 is 12.8 Å². The molecule has 1 aromatic carbocycles. The molecule has 1 rings (SSSR count). The fraction of sp³-hybridized carbons (Fsp3) is 0.143. The predicted octanol–water partition coefficient (Wildman–Crippen LogP) is 2.88. The second-order valence-electron chi connectivity index (χ2n) is 2.03. The van der Waals surface area contributed by atoms with Crippen molar-refractivity contribution in [3.63, 3.8) is 0 Å². The summed E-state index contributed by atoms with van der Waals surface area (Å²) >= 11 is 3.76. The van der Waals surface area contributed by atoms with E-state index in [0.29, 0.717) is 5.69 Å². The van der Waals surface area contributed by atoms with E-state index in [1.807, 2.05) is 0 Å². The second kappa shape index (κ2) is 3.57. The van der Waals surface area contributed by atoms with Gasteiger partial charge in [0.25, 0.3) is 6.43 Å². The zero-order valence-electron chi connectivity index (χ0n) is 5.59. The Balaban J connectivity index is 2.83. The molecule has 11 heavy (non-hydrogen) atoms. The van der Waals surface area contributed by atoms with Crippen molar-refractivity contribution in [2.24, 2.45) is 0 Å². The highest BCUT2D eigenvalue weighted by Crippen LogP contribution is 2.20. The van der Waals surface area contributed by atoms with Crippen molar-refractivity contribution >= 4 is 18.5 Å². The van der Waals surface area contributed by atoms with Gasteiger partial charge < -0.3 is 4.72 Å². The zero-order chi connectivity index (χ0) is 8.27. The third kappa shape index (κ3) is 2.08. The van der Waals surface area contributed by atoms with Gasteiger partial charge in [0.2, 0.25) is 0 Å². The van der Waals surface area contributed by atoms with E-state index >= 15 is 0 Å². The van der Waals surface area contributed by atoms with Crippen LogP contribution < -0.4 is 4.72 Å². The van der Waals surface area contributed by atoms with Crippen LogP contribution in [-0.4, -0.2) is 0 Å². The van der Waals surface area contributed by atoms with Crippen LogP contribution in [0.1, 0.15) is 12.0 Å². The van der Waals surface area contributed by atoms with Gasteiger partial charge in [0, 0.05) is 11.3 Å². The Morgan fingerprint density at radius 3 is 2.09 bits per heavy atom. The van der Waals surface area contributed by atoms with Crippen LogP contribution in [0.15, 0.2) is 24.3 Å². The van der Waals surface area contributed by atoms with Crippen molar-refractivity contribution in [3.8, 4) is 0 Å². The summed E-state index contributed by atoms with van der Waals surface area (Å²) in [6.07, 6.45) is -2.40. The van der Waals surface area contributed by atoms with E-state index < -0.39 is 6.43 Å². The number of thiol groups is 1. The minimum atomic E-state index is -2.40. The van der Waals surface area contributed by atoms with E-state index in [-0.39, 0.29) is 5.56 Å². The Morgan fingerprint density at radius 2 is 1.73 bits per heavy atom. The molecule has 0 heterocycles. The first kappa shape index (κ1) is 8.33. The SMILES string of the molecule is FC(F)c1ccc(NS)cc1. The van der Waals surface area contributed by atoms with Crippen molar-refractivity contribution < 1.29 is 8.78 Å². The Kier molecular flexibility index (Phi) is 2.70. The lowest BCUT2D eigenvalue weighted by atomic mass is 10.2. The van der Waals surface area contributed by atoms with Gasteiger partial charge in [0.1, 0.15) is 0 Å². The molecule has 0 atom stereocenters. The Morgan fingerprint density at radius 1 is 1.18 bits per heavy atom. The summed E-state index contributed by atoms with van der Waals surface area (Å²) in [4.78, 5) is 0. The van der Waals surface area contributed by atoms with Crippen LogP contribution in [0.2, 0.25) is 0 Å². The second-order valence-corrected chi connectivity index (χ2v) is 2.26. The fourth-order valence-electron chi connectivity index (χ4n) is 0.703. The molecule has 0 fully saturated rings. The molecule has 0 radical (unpaired) electrons. The summed E-state index contributed by atoms with van der Waals surface area (Å²) in [5.74, 6) is 0. The quantitative estimate of drug-likeness (QED) is 0.658. The van der Waals surface area contributed by atoms with Crippen molar-refractivity contribution in [2.75, 3.05) is 4.72 Å². The van der Waals surface area contributed by atoms with E-state index in [2.05, 4.69) is 17.5 Å². The molecular weight excluding hydrogens is 168 g/mol. The lowest BCUT2D eigenvalue weighted by molar-refractivity contribution is 0.151. The van der Waals surface area contributed by atoms with E-state index in [4.69, 9.17) is 0 Å². The third-order valence-corrected chi connectivity index (χ3v) is 1.55.